The molecule has 62 valence electrons. The molecule has 0 bridgehead atoms. The molecule has 12 heavy (non-hydrogen) atoms. The van der Waals surface area contributed by atoms with Gasteiger partial charge in [-0.15, -0.1) is 11.3 Å². The summed E-state index contributed by atoms with van der Waals surface area (Å²) < 4.78 is 1.18. The highest BCUT2D eigenvalue weighted by atomic mass is 32.1. The molecule has 2 aromatic heterocycles. The number of hydrogen-bond donors (Lipinski definition) is 1. The summed E-state index contributed by atoms with van der Waals surface area (Å²) in [6.07, 6.45) is 3.21. The van der Waals surface area contributed by atoms with E-state index < -0.39 is 0 Å². The van der Waals surface area contributed by atoms with Crippen molar-refractivity contribution in [1.29, 1.82) is 0 Å². The van der Waals surface area contributed by atoms with Crippen molar-refractivity contribution >= 4 is 21.4 Å². The van der Waals surface area contributed by atoms with Crippen molar-refractivity contribution in [2.75, 3.05) is 0 Å². The molecule has 0 aliphatic carbocycles. The average Bonchev–Trinajstić information content (AvgIpc) is 2.46. The minimum Gasteiger partial charge on any atom is -0.388 e. The molecule has 0 radical (unpaired) electrons. The molecular weight excluding hydrogens is 170 g/mol. The molecule has 1 unspecified atom stereocenters. The molecule has 2 rings (SSSR count). The standard InChI is InChI=1S/C9H9NOS/c1-6(11)9-4-7-5-10-3-2-8(7)12-9/h2-6,11H,1H3. The molecule has 2 aromatic rings. The number of thiophene rings is 1. The van der Waals surface area contributed by atoms with Crippen LogP contribution in [-0.4, -0.2) is 10.1 Å². The smallest absolute Gasteiger partial charge is 0.0854 e. The van der Waals surface area contributed by atoms with Crippen molar-refractivity contribution in [1.82, 2.24) is 4.98 Å². The lowest BCUT2D eigenvalue weighted by Crippen LogP contribution is -1.83. The van der Waals surface area contributed by atoms with Gasteiger partial charge >= 0.3 is 0 Å². The molecule has 2 heterocycles. The maximum atomic E-state index is 9.31. The summed E-state index contributed by atoms with van der Waals surface area (Å²) in [5.41, 5.74) is 0. The molecule has 0 amide bonds. The van der Waals surface area contributed by atoms with E-state index in [1.807, 2.05) is 18.3 Å². The topological polar surface area (TPSA) is 33.1 Å². The van der Waals surface area contributed by atoms with Crippen LogP contribution in [0.2, 0.25) is 0 Å². The van der Waals surface area contributed by atoms with Gasteiger partial charge in [-0.1, -0.05) is 0 Å². The van der Waals surface area contributed by atoms with Crippen LogP contribution in [0, 0.1) is 0 Å². The summed E-state index contributed by atoms with van der Waals surface area (Å²) in [6.45, 7) is 1.78. The van der Waals surface area contributed by atoms with Crippen molar-refractivity contribution in [3.8, 4) is 0 Å². The summed E-state index contributed by atoms with van der Waals surface area (Å²) >= 11 is 1.62. The van der Waals surface area contributed by atoms with Crippen LogP contribution in [0.25, 0.3) is 10.1 Å². The fraction of sp³-hybridized carbons (Fsp3) is 0.222. The van der Waals surface area contributed by atoms with Crippen LogP contribution in [0.3, 0.4) is 0 Å². The maximum absolute atomic E-state index is 9.31. The molecule has 0 aliphatic rings. The predicted octanol–water partition coefficient (Wildman–Crippen LogP) is 2.35. The molecule has 0 aromatic carbocycles. The van der Waals surface area contributed by atoms with Crippen molar-refractivity contribution in [3.63, 3.8) is 0 Å². The fourth-order valence-corrected chi connectivity index (χ4v) is 2.08. The zero-order valence-electron chi connectivity index (χ0n) is 6.69. The molecule has 0 saturated carbocycles. The van der Waals surface area contributed by atoms with E-state index in [9.17, 15) is 5.11 Å². The Labute approximate surface area is 74.5 Å². The van der Waals surface area contributed by atoms with Gasteiger partial charge in [0.2, 0.25) is 0 Å². The number of fused-ring (bicyclic) bond motifs is 1. The number of rotatable bonds is 1. The molecule has 1 atom stereocenters. The first-order valence-electron chi connectivity index (χ1n) is 3.79. The van der Waals surface area contributed by atoms with Gasteiger partial charge in [0.25, 0.3) is 0 Å². The van der Waals surface area contributed by atoms with E-state index in [0.717, 1.165) is 10.3 Å². The monoisotopic (exact) mass is 179 g/mol. The SMILES string of the molecule is CC(O)c1cc2cnccc2s1. The first-order chi connectivity index (χ1) is 5.77. The number of aliphatic hydroxyl groups excluding tert-OH is 1. The number of pyridine rings is 1. The summed E-state index contributed by atoms with van der Waals surface area (Å²) in [6, 6.07) is 3.95. The lowest BCUT2D eigenvalue weighted by Gasteiger charge is -1.95. The first kappa shape index (κ1) is 7.71. The third-order valence-corrected chi connectivity index (χ3v) is 3.03. The average molecular weight is 179 g/mol. The quantitative estimate of drug-likeness (QED) is 0.729. The van der Waals surface area contributed by atoms with E-state index in [-0.39, 0.29) is 6.10 Å². The minimum atomic E-state index is -0.373. The lowest BCUT2D eigenvalue weighted by atomic mass is 10.3. The highest BCUT2D eigenvalue weighted by molar-refractivity contribution is 7.19. The van der Waals surface area contributed by atoms with Crippen molar-refractivity contribution in [2.24, 2.45) is 0 Å². The largest absolute Gasteiger partial charge is 0.388 e. The summed E-state index contributed by atoms with van der Waals surface area (Å²) in [5, 5.41) is 10.4. The summed E-state index contributed by atoms with van der Waals surface area (Å²) in [5.74, 6) is 0. The van der Waals surface area contributed by atoms with E-state index >= 15 is 0 Å². The number of hydrogen-bond acceptors (Lipinski definition) is 3. The molecule has 2 nitrogen and oxygen atoms in total. The Balaban J connectivity index is 2.62. The third kappa shape index (κ3) is 1.21. The van der Waals surface area contributed by atoms with Gasteiger partial charge in [-0.05, 0) is 19.1 Å². The third-order valence-electron chi connectivity index (χ3n) is 1.75. The Morgan fingerprint density at radius 1 is 1.58 bits per heavy atom. The fourth-order valence-electron chi connectivity index (χ4n) is 1.11. The Kier molecular flexibility index (Phi) is 1.83. The van der Waals surface area contributed by atoms with E-state index in [2.05, 4.69) is 4.98 Å². The minimum absolute atomic E-state index is 0.373. The van der Waals surface area contributed by atoms with Crippen LogP contribution in [-0.2, 0) is 0 Å². The van der Waals surface area contributed by atoms with Crippen LogP contribution in [0.15, 0.2) is 24.5 Å². The first-order valence-corrected chi connectivity index (χ1v) is 4.60. The van der Waals surface area contributed by atoms with Gasteiger partial charge in [-0.2, -0.15) is 0 Å². The predicted molar refractivity (Wildman–Crippen MR) is 50.3 cm³/mol. The Morgan fingerprint density at radius 2 is 2.42 bits per heavy atom. The Bertz CT molecular complexity index is 361. The summed E-state index contributed by atoms with van der Waals surface area (Å²) in [4.78, 5) is 5.01. The van der Waals surface area contributed by atoms with Gasteiger partial charge in [-0.25, -0.2) is 0 Å². The normalized spacial score (nSPS) is 13.5. The van der Waals surface area contributed by atoms with E-state index in [0.29, 0.717) is 0 Å². The Morgan fingerprint density at radius 3 is 3.08 bits per heavy atom. The second kappa shape index (κ2) is 2.84. The second-order valence-electron chi connectivity index (χ2n) is 2.74. The molecular formula is C9H9NOS. The maximum Gasteiger partial charge on any atom is 0.0854 e. The van der Waals surface area contributed by atoms with Gasteiger partial charge in [0.15, 0.2) is 0 Å². The highest BCUT2D eigenvalue weighted by Crippen LogP contribution is 2.28. The molecule has 0 aliphatic heterocycles. The van der Waals surface area contributed by atoms with Crippen LogP contribution in [0.1, 0.15) is 17.9 Å². The molecule has 3 heteroatoms. The highest BCUT2D eigenvalue weighted by Gasteiger charge is 2.05. The van der Waals surface area contributed by atoms with Gasteiger partial charge in [-0.3, -0.25) is 4.98 Å². The van der Waals surface area contributed by atoms with Gasteiger partial charge in [0, 0.05) is 27.4 Å². The van der Waals surface area contributed by atoms with Crippen LogP contribution in [0.5, 0.6) is 0 Å². The van der Waals surface area contributed by atoms with Gasteiger partial charge < -0.3 is 5.11 Å². The molecule has 0 fully saturated rings. The molecule has 1 N–H and O–H groups in total. The van der Waals surface area contributed by atoms with Crippen molar-refractivity contribution in [2.45, 2.75) is 13.0 Å². The molecule has 0 saturated heterocycles. The number of nitrogens with zero attached hydrogens (tertiary/aromatic N) is 1. The van der Waals surface area contributed by atoms with Gasteiger partial charge in [0.1, 0.15) is 0 Å². The summed E-state index contributed by atoms with van der Waals surface area (Å²) in [7, 11) is 0. The van der Waals surface area contributed by atoms with E-state index in [1.165, 1.54) is 4.70 Å². The second-order valence-corrected chi connectivity index (χ2v) is 3.85. The van der Waals surface area contributed by atoms with Crippen molar-refractivity contribution < 1.29 is 5.11 Å². The number of aliphatic hydroxyl groups is 1. The van der Waals surface area contributed by atoms with Crippen LogP contribution >= 0.6 is 11.3 Å². The van der Waals surface area contributed by atoms with Gasteiger partial charge in [0.05, 0.1) is 6.10 Å². The zero-order chi connectivity index (χ0) is 8.55. The van der Waals surface area contributed by atoms with E-state index in [1.54, 1.807) is 24.5 Å². The molecule has 0 spiro atoms. The number of aromatic nitrogens is 1. The van der Waals surface area contributed by atoms with Crippen LogP contribution < -0.4 is 0 Å². The van der Waals surface area contributed by atoms with E-state index in [4.69, 9.17) is 0 Å². The lowest BCUT2D eigenvalue weighted by molar-refractivity contribution is 0.203. The Hall–Kier alpha value is -0.930. The zero-order valence-corrected chi connectivity index (χ0v) is 7.51. The van der Waals surface area contributed by atoms with Crippen molar-refractivity contribution in [3.05, 3.63) is 29.4 Å². The van der Waals surface area contributed by atoms with Crippen LogP contribution in [0.4, 0.5) is 0 Å².